The van der Waals surface area contributed by atoms with Gasteiger partial charge in [-0.05, 0) is 32.5 Å². The van der Waals surface area contributed by atoms with Crippen molar-refractivity contribution in [3.05, 3.63) is 25.4 Å². The Morgan fingerprint density at radius 1 is 1.53 bits per heavy atom. The predicted molar refractivity (Wildman–Crippen MR) is 55.1 cm³/mol. The van der Waals surface area contributed by atoms with Crippen LogP contribution >= 0.6 is 22.6 Å². The van der Waals surface area contributed by atoms with Crippen molar-refractivity contribution in [2.24, 2.45) is 0 Å². The highest BCUT2D eigenvalue weighted by Crippen LogP contribution is 2.33. The van der Waals surface area contributed by atoms with Crippen molar-refractivity contribution in [1.82, 2.24) is 4.98 Å². The molecule has 1 heterocycles. The van der Waals surface area contributed by atoms with Crippen LogP contribution in [0.25, 0.3) is 0 Å². The van der Waals surface area contributed by atoms with E-state index >= 15 is 0 Å². The molecule has 0 radical (unpaired) electrons. The van der Waals surface area contributed by atoms with Crippen molar-refractivity contribution in [3.63, 3.8) is 0 Å². The number of alkyl halides is 4. The summed E-state index contributed by atoms with van der Waals surface area (Å²) in [6.07, 6.45) is -4.53. The minimum atomic E-state index is -5.01. The Morgan fingerprint density at radius 2 is 2.12 bits per heavy atom. The third kappa shape index (κ3) is 3.38. The Morgan fingerprint density at radius 3 is 2.53 bits per heavy atom. The maximum absolute atomic E-state index is 12.6. The van der Waals surface area contributed by atoms with E-state index in [2.05, 4.69) is 9.72 Å². The lowest BCUT2D eigenvalue weighted by atomic mass is 10.2. The van der Waals surface area contributed by atoms with Crippen LogP contribution in [0.1, 0.15) is 5.56 Å². The van der Waals surface area contributed by atoms with Gasteiger partial charge in [-0.25, -0.2) is 4.39 Å². The van der Waals surface area contributed by atoms with Crippen LogP contribution in [0.3, 0.4) is 0 Å². The summed E-state index contributed by atoms with van der Waals surface area (Å²) in [5.74, 6) is -1.59. The van der Waals surface area contributed by atoms with Gasteiger partial charge < -0.3 is 14.9 Å². The highest BCUT2D eigenvalue weighted by molar-refractivity contribution is 14.1. The molecule has 0 saturated heterocycles. The van der Waals surface area contributed by atoms with Crippen molar-refractivity contribution in [1.29, 1.82) is 0 Å². The van der Waals surface area contributed by atoms with E-state index in [0.29, 0.717) is 6.20 Å². The first-order valence-corrected chi connectivity index (χ1v) is 4.97. The van der Waals surface area contributed by atoms with Crippen LogP contribution in [0.4, 0.5) is 23.4 Å². The zero-order valence-corrected chi connectivity index (χ0v) is 9.95. The number of nitro groups is 1. The highest BCUT2D eigenvalue weighted by atomic mass is 127. The minimum absolute atomic E-state index is 0.322. The summed E-state index contributed by atoms with van der Waals surface area (Å²) >= 11 is 1.34. The number of hydrogen-bond donors (Lipinski definition) is 0. The summed E-state index contributed by atoms with van der Waals surface area (Å²) in [6, 6.07) is 0. The molecule has 5 nitrogen and oxygen atoms in total. The fraction of sp³-hybridized carbons (Fsp3) is 0.286. The third-order valence-electron chi connectivity index (χ3n) is 1.60. The molecule has 0 fully saturated rings. The Hall–Kier alpha value is -1.20. The molecule has 0 aromatic carbocycles. The van der Waals surface area contributed by atoms with Gasteiger partial charge in [-0.15, -0.1) is 13.2 Å². The van der Waals surface area contributed by atoms with E-state index in [9.17, 15) is 27.7 Å². The molecular weight excluding hydrogens is 363 g/mol. The van der Waals surface area contributed by atoms with E-state index in [1.54, 1.807) is 0 Å². The fourth-order valence-corrected chi connectivity index (χ4v) is 1.71. The van der Waals surface area contributed by atoms with Crippen LogP contribution in [-0.2, 0) is 6.67 Å². The van der Waals surface area contributed by atoms with E-state index in [0.717, 1.165) is 0 Å². The zero-order chi connectivity index (χ0) is 13.2. The Balaban J connectivity index is 3.26. The van der Waals surface area contributed by atoms with E-state index in [1.165, 1.54) is 22.6 Å². The van der Waals surface area contributed by atoms with Crippen molar-refractivity contribution in [2.45, 2.75) is 13.0 Å². The van der Waals surface area contributed by atoms with Crippen LogP contribution in [-0.4, -0.2) is 16.3 Å². The van der Waals surface area contributed by atoms with Crippen molar-refractivity contribution < 1.29 is 27.2 Å². The van der Waals surface area contributed by atoms with Crippen LogP contribution in [0, 0.1) is 13.7 Å². The minimum Gasteiger partial charge on any atom is -0.401 e. The molecule has 0 unspecified atom stereocenters. The summed E-state index contributed by atoms with van der Waals surface area (Å²) in [4.78, 5) is 12.7. The topological polar surface area (TPSA) is 65.3 Å². The number of pyridine rings is 1. The normalized spacial score (nSPS) is 11.4. The standard InChI is InChI=1S/C7H3F4IN2O3/c8-1-3-4(17-7(9,10)11)2-13-6(5(3)12)14(15)16/h2H,1H2. The SMILES string of the molecule is O=[N+]([O-])c1ncc(OC(F)(F)F)c(CF)c1I. The smallest absolute Gasteiger partial charge is 0.401 e. The van der Waals surface area contributed by atoms with Gasteiger partial charge >= 0.3 is 12.2 Å². The van der Waals surface area contributed by atoms with Crippen LogP contribution in [0.2, 0.25) is 0 Å². The second-order valence-corrected chi connectivity index (χ2v) is 3.76. The first-order valence-electron chi connectivity index (χ1n) is 3.89. The van der Waals surface area contributed by atoms with Crippen molar-refractivity contribution >= 4 is 28.4 Å². The molecule has 0 N–H and O–H groups in total. The van der Waals surface area contributed by atoms with Gasteiger partial charge in [-0.2, -0.15) is 0 Å². The number of halogens is 5. The van der Waals surface area contributed by atoms with E-state index < -0.39 is 35.1 Å². The van der Waals surface area contributed by atoms with E-state index in [4.69, 9.17) is 0 Å². The lowest BCUT2D eigenvalue weighted by molar-refractivity contribution is -0.390. The summed E-state index contributed by atoms with van der Waals surface area (Å²) in [6.45, 7) is -1.33. The molecule has 0 aliphatic carbocycles. The first kappa shape index (κ1) is 13.9. The molecule has 17 heavy (non-hydrogen) atoms. The van der Waals surface area contributed by atoms with Gasteiger partial charge in [-0.1, -0.05) is 0 Å². The average Bonchev–Trinajstić information content (AvgIpc) is 2.15. The summed E-state index contributed by atoms with van der Waals surface area (Å²) in [5, 5.41) is 10.4. The Kier molecular flexibility index (Phi) is 4.06. The van der Waals surface area contributed by atoms with Crippen LogP contribution in [0.5, 0.6) is 5.75 Å². The molecule has 1 aromatic heterocycles. The van der Waals surface area contributed by atoms with Crippen molar-refractivity contribution in [3.8, 4) is 5.75 Å². The largest absolute Gasteiger partial charge is 0.573 e. The number of aromatic nitrogens is 1. The number of ether oxygens (including phenoxy) is 1. The second-order valence-electron chi connectivity index (χ2n) is 2.68. The molecule has 0 aliphatic rings. The molecule has 0 bridgehead atoms. The zero-order valence-electron chi connectivity index (χ0n) is 7.79. The summed E-state index contributed by atoms with van der Waals surface area (Å²) in [7, 11) is 0. The quantitative estimate of drug-likeness (QED) is 0.357. The molecular formula is C7H3F4IN2O3. The second kappa shape index (κ2) is 4.98. The van der Waals surface area contributed by atoms with Crippen LogP contribution < -0.4 is 4.74 Å². The van der Waals surface area contributed by atoms with Crippen LogP contribution in [0.15, 0.2) is 6.20 Å². The lowest BCUT2D eigenvalue weighted by Gasteiger charge is -2.11. The third-order valence-corrected chi connectivity index (χ3v) is 2.73. The lowest BCUT2D eigenvalue weighted by Crippen LogP contribution is -2.18. The Bertz CT molecular complexity index is 451. The predicted octanol–water partition coefficient (Wildman–Crippen LogP) is 2.96. The molecule has 0 spiro atoms. The maximum Gasteiger partial charge on any atom is 0.573 e. The van der Waals surface area contributed by atoms with Gasteiger partial charge in [0, 0.05) is 0 Å². The molecule has 0 aliphatic heterocycles. The van der Waals surface area contributed by atoms with Gasteiger partial charge in [0.15, 0.2) is 11.9 Å². The number of nitrogens with zero attached hydrogens (tertiary/aromatic N) is 2. The first-order chi connectivity index (χ1) is 7.76. The molecule has 0 amide bonds. The van der Waals surface area contributed by atoms with Gasteiger partial charge in [0.05, 0.1) is 5.56 Å². The molecule has 1 aromatic rings. The van der Waals surface area contributed by atoms with Gasteiger partial charge in [0.25, 0.3) is 0 Å². The van der Waals surface area contributed by atoms with Gasteiger partial charge in [0.1, 0.15) is 10.2 Å². The van der Waals surface area contributed by atoms with Gasteiger partial charge in [-0.3, -0.25) is 0 Å². The maximum atomic E-state index is 12.6. The summed E-state index contributed by atoms with van der Waals surface area (Å²) in [5.41, 5.74) is -0.551. The fourth-order valence-electron chi connectivity index (χ4n) is 0.962. The molecule has 10 heteroatoms. The van der Waals surface area contributed by atoms with Crippen molar-refractivity contribution in [2.75, 3.05) is 0 Å². The molecule has 94 valence electrons. The van der Waals surface area contributed by atoms with E-state index in [-0.39, 0.29) is 3.57 Å². The summed E-state index contributed by atoms with van der Waals surface area (Å²) < 4.78 is 51.6. The van der Waals surface area contributed by atoms with E-state index in [1.807, 2.05) is 0 Å². The molecule has 1 rings (SSSR count). The molecule has 0 atom stereocenters. The monoisotopic (exact) mass is 366 g/mol. The highest BCUT2D eigenvalue weighted by Gasteiger charge is 2.34. The number of rotatable bonds is 3. The van der Waals surface area contributed by atoms with Gasteiger partial charge in [0.2, 0.25) is 0 Å². The molecule has 0 saturated carbocycles. The number of hydrogen-bond acceptors (Lipinski definition) is 4. The average molecular weight is 366 g/mol. The Labute approximate surface area is 105 Å².